The smallest absolute Gasteiger partial charge is 0.239 e. The summed E-state index contributed by atoms with van der Waals surface area (Å²) in [7, 11) is 0. The normalized spacial score (nSPS) is 15.3. The van der Waals surface area contributed by atoms with Crippen LogP contribution in [0.1, 0.15) is 30.1 Å². The third kappa shape index (κ3) is 2.59. The van der Waals surface area contributed by atoms with Crippen LogP contribution < -0.4 is 5.32 Å². The lowest BCUT2D eigenvalue weighted by molar-refractivity contribution is -0.121. The first-order valence-corrected chi connectivity index (χ1v) is 8.41. The van der Waals surface area contributed by atoms with E-state index in [-0.39, 0.29) is 5.91 Å². The van der Waals surface area contributed by atoms with Crippen LogP contribution in [0.5, 0.6) is 0 Å². The number of imidazole rings is 1. The zero-order valence-corrected chi connectivity index (χ0v) is 14.6. The van der Waals surface area contributed by atoms with E-state index in [2.05, 4.69) is 30.9 Å². The van der Waals surface area contributed by atoms with E-state index in [9.17, 15) is 4.79 Å². The number of hydrogen-bond donors (Lipinski definition) is 2. The first kappa shape index (κ1) is 16.2. The summed E-state index contributed by atoms with van der Waals surface area (Å²) >= 11 is 0. The molecule has 8 heteroatoms. The van der Waals surface area contributed by atoms with E-state index in [4.69, 9.17) is 0 Å². The Labute approximate surface area is 150 Å². The van der Waals surface area contributed by atoms with Crippen molar-refractivity contribution in [2.75, 3.05) is 5.32 Å². The molecule has 8 nitrogen and oxygen atoms in total. The maximum absolute atomic E-state index is 13.0. The Bertz CT molecular complexity index is 946. The van der Waals surface area contributed by atoms with Crippen LogP contribution in [0, 0.1) is 13.8 Å². The van der Waals surface area contributed by atoms with Crippen molar-refractivity contribution in [1.29, 1.82) is 0 Å². The molecule has 2 N–H and O–H groups in total. The number of aromatic amines is 1. The monoisotopic (exact) mass is 349 g/mol. The number of tetrazole rings is 1. The number of hydrogen-bond acceptors (Lipinski definition) is 5. The molecule has 0 saturated heterocycles. The van der Waals surface area contributed by atoms with Crippen molar-refractivity contribution in [3.8, 4) is 5.69 Å². The Morgan fingerprint density at radius 3 is 2.50 bits per heavy atom. The number of nitrogens with zero attached hydrogens (tertiary/aromatic N) is 5. The minimum absolute atomic E-state index is 0.133. The van der Waals surface area contributed by atoms with Crippen LogP contribution in [0.4, 0.5) is 5.69 Å². The van der Waals surface area contributed by atoms with Gasteiger partial charge in [-0.15, -0.1) is 10.2 Å². The van der Waals surface area contributed by atoms with Gasteiger partial charge in [-0.1, -0.05) is 17.4 Å². The maximum atomic E-state index is 13.0. The molecule has 4 rings (SSSR count). The second-order valence-corrected chi connectivity index (χ2v) is 6.48. The van der Waals surface area contributed by atoms with Gasteiger partial charge < -0.3 is 9.88 Å². The van der Waals surface area contributed by atoms with Gasteiger partial charge in [-0.3, -0.25) is 4.79 Å². The van der Waals surface area contributed by atoms with Gasteiger partial charge in [0, 0.05) is 17.1 Å². The van der Waals surface area contributed by atoms with Crippen LogP contribution in [0.15, 0.2) is 42.7 Å². The van der Waals surface area contributed by atoms with Crippen LogP contribution in [0.3, 0.4) is 0 Å². The van der Waals surface area contributed by atoms with Crippen molar-refractivity contribution in [3.05, 3.63) is 60.0 Å². The standard InChI is InChI=1S/C18H19N7O/c1-12-13(2)25(11-19-12)15-7-5-14(6-8-15)20-17(26)18(9-3-4-10-18)16-21-23-24-22-16/h3-8,11H,9-10H2,1-2H3,(H,20,26)(H,21,22,23,24). The highest BCUT2D eigenvalue weighted by molar-refractivity contribution is 5.99. The van der Waals surface area contributed by atoms with Crippen molar-refractivity contribution >= 4 is 11.6 Å². The quantitative estimate of drug-likeness (QED) is 0.703. The summed E-state index contributed by atoms with van der Waals surface area (Å²) in [4.78, 5) is 17.3. The summed E-state index contributed by atoms with van der Waals surface area (Å²) in [5.41, 5.74) is 3.01. The van der Waals surface area contributed by atoms with Gasteiger partial charge in [0.2, 0.25) is 5.91 Å². The summed E-state index contributed by atoms with van der Waals surface area (Å²) < 4.78 is 2.02. The van der Waals surface area contributed by atoms with E-state index >= 15 is 0 Å². The molecule has 0 spiro atoms. The number of carbonyl (C=O) groups excluding carboxylic acids is 1. The molecule has 0 fully saturated rings. The van der Waals surface area contributed by atoms with Gasteiger partial charge >= 0.3 is 0 Å². The molecule has 0 unspecified atom stereocenters. The lowest BCUT2D eigenvalue weighted by Gasteiger charge is -2.24. The number of rotatable bonds is 4. The van der Waals surface area contributed by atoms with Gasteiger partial charge in [0.1, 0.15) is 5.41 Å². The number of carbonyl (C=O) groups is 1. The van der Waals surface area contributed by atoms with Crippen molar-refractivity contribution in [1.82, 2.24) is 30.2 Å². The SMILES string of the molecule is Cc1ncn(-c2ccc(NC(=O)C3(c4nn[nH]n4)CC=CC3)cc2)c1C. The van der Waals surface area contributed by atoms with Gasteiger partial charge in [0.25, 0.3) is 0 Å². The molecule has 132 valence electrons. The van der Waals surface area contributed by atoms with Crippen molar-refractivity contribution in [3.63, 3.8) is 0 Å². The summed E-state index contributed by atoms with van der Waals surface area (Å²) in [6.45, 7) is 4.01. The molecule has 0 bridgehead atoms. The summed E-state index contributed by atoms with van der Waals surface area (Å²) in [5.74, 6) is 0.285. The number of aryl methyl sites for hydroxylation is 1. The Balaban J connectivity index is 1.55. The van der Waals surface area contributed by atoms with Crippen LogP contribution in [0.2, 0.25) is 0 Å². The molecular weight excluding hydrogens is 330 g/mol. The predicted molar refractivity (Wildman–Crippen MR) is 95.9 cm³/mol. The van der Waals surface area contributed by atoms with Crippen molar-refractivity contribution in [2.24, 2.45) is 0 Å². The Kier molecular flexibility index (Phi) is 3.87. The maximum Gasteiger partial charge on any atom is 0.239 e. The number of H-pyrrole nitrogens is 1. The van der Waals surface area contributed by atoms with E-state index in [1.807, 2.05) is 54.8 Å². The molecule has 1 aromatic carbocycles. The minimum Gasteiger partial charge on any atom is -0.325 e. The van der Waals surface area contributed by atoms with Gasteiger partial charge in [-0.25, -0.2) is 4.98 Å². The van der Waals surface area contributed by atoms with E-state index in [0.29, 0.717) is 18.7 Å². The number of allylic oxidation sites excluding steroid dienone is 2. The second kappa shape index (κ2) is 6.21. The highest BCUT2D eigenvalue weighted by atomic mass is 16.2. The van der Waals surface area contributed by atoms with Crippen LogP contribution in [-0.2, 0) is 10.2 Å². The fourth-order valence-corrected chi connectivity index (χ4v) is 3.20. The summed E-state index contributed by atoms with van der Waals surface area (Å²) in [6.07, 6.45) is 6.87. The lowest BCUT2D eigenvalue weighted by Crippen LogP contribution is -2.39. The second-order valence-electron chi connectivity index (χ2n) is 6.48. The summed E-state index contributed by atoms with van der Waals surface area (Å²) in [5, 5.41) is 17.1. The average molecular weight is 349 g/mol. The van der Waals surface area contributed by atoms with Gasteiger partial charge in [-0.2, -0.15) is 5.21 Å². The molecule has 2 aromatic heterocycles. The Morgan fingerprint density at radius 2 is 1.92 bits per heavy atom. The molecule has 1 aliphatic carbocycles. The lowest BCUT2D eigenvalue weighted by atomic mass is 9.83. The van der Waals surface area contributed by atoms with Crippen molar-refractivity contribution in [2.45, 2.75) is 32.1 Å². The molecule has 0 atom stereocenters. The fourth-order valence-electron chi connectivity index (χ4n) is 3.20. The summed E-state index contributed by atoms with van der Waals surface area (Å²) in [6, 6.07) is 7.68. The van der Waals surface area contributed by atoms with Crippen molar-refractivity contribution < 1.29 is 4.79 Å². The predicted octanol–water partition coefficient (Wildman–Crippen LogP) is 2.23. The molecular formula is C18H19N7O. The number of amides is 1. The third-order valence-electron chi connectivity index (χ3n) is 4.96. The minimum atomic E-state index is -0.802. The van der Waals surface area contributed by atoms with Crippen LogP contribution in [0.25, 0.3) is 5.69 Å². The average Bonchev–Trinajstić information content (AvgIpc) is 3.39. The largest absolute Gasteiger partial charge is 0.325 e. The van der Waals surface area contributed by atoms with E-state index in [1.54, 1.807) is 6.33 Å². The highest BCUT2D eigenvalue weighted by Gasteiger charge is 2.44. The Morgan fingerprint density at radius 1 is 1.19 bits per heavy atom. The van der Waals surface area contributed by atoms with Gasteiger partial charge in [0.15, 0.2) is 5.82 Å². The molecule has 2 heterocycles. The molecule has 1 aliphatic rings. The first-order chi connectivity index (χ1) is 12.6. The molecule has 0 radical (unpaired) electrons. The topological polar surface area (TPSA) is 101 Å². The number of benzene rings is 1. The molecule has 0 saturated carbocycles. The third-order valence-corrected chi connectivity index (χ3v) is 4.96. The molecule has 0 aliphatic heterocycles. The van der Waals surface area contributed by atoms with E-state index in [1.165, 1.54) is 0 Å². The molecule has 3 aromatic rings. The number of aromatic nitrogens is 6. The zero-order chi connectivity index (χ0) is 18.1. The fraction of sp³-hybridized carbons (Fsp3) is 0.278. The highest BCUT2D eigenvalue weighted by Crippen LogP contribution is 2.36. The van der Waals surface area contributed by atoms with Crippen LogP contribution >= 0.6 is 0 Å². The number of nitrogens with one attached hydrogen (secondary N) is 2. The Hall–Kier alpha value is -3.29. The van der Waals surface area contributed by atoms with Crippen LogP contribution in [-0.4, -0.2) is 36.1 Å². The van der Waals surface area contributed by atoms with Gasteiger partial charge in [-0.05, 0) is 51.0 Å². The van der Waals surface area contributed by atoms with E-state index < -0.39 is 5.41 Å². The first-order valence-electron chi connectivity index (χ1n) is 8.41. The van der Waals surface area contributed by atoms with Gasteiger partial charge in [0.05, 0.1) is 12.0 Å². The van der Waals surface area contributed by atoms with E-state index in [0.717, 1.165) is 22.8 Å². The molecule has 1 amide bonds. The molecule has 26 heavy (non-hydrogen) atoms. The zero-order valence-electron chi connectivity index (χ0n) is 14.6. The number of anilines is 1.